The van der Waals surface area contributed by atoms with Crippen LogP contribution in [0.25, 0.3) is 0 Å². The predicted octanol–water partition coefficient (Wildman–Crippen LogP) is 4.02. The van der Waals surface area contributed by atoms with Gasteiger partial charge in [0, 0.05) is 24.6 Å². The maximum absolute atomic E-state index is 10.7. The van der Waals surface area contributed by atoms with Crippen LogP contribution in [0.2, 0.25) is 0 Å². The van der Waals surface area contributed by atoms with E-state index >= 15 is 0 Å². The van der Waals surface area contributed by atoms with Crippen molar-refractivity contribution >= 4 is 41.3 Å². The summed E-state index contributed by atoms with van der Waals surface area (Å²) in [5, 5.41) is 19.2. The SMILES string of the molecule is CCNC(=NCc1ccc(COC2CCOCC2)cc1)NCC(C)(O)c1cccs1.I. The predicted molar refractivity (Wildman–Crippen MR) is 137 cm³/mol. The summed E-state index contributed by atoms with van der Waals surface area (Å²) in [5.41, 5.74) is 1.37. The average Bonchev–Trinajstić information content (AvgIpc) is 3.32. The number of hydrogen-bond acceptors (Lipinski definition) is 5. The summed E-state index contributed by atoms with van der Waals surface area (Å²) in [5.74, 6) is 0.696. The van der Waals surface area contributed by atoms with Gasteiger partial charge in [-0.2, -0.15) is 0 Å². The molecular weight excluding hydrogens is 525 g/mol. The maximum Gasteiger partial charge on any atom is 0.191 e. The van der Waals surface area contributed by atoms with Crippen molar-refractivity contribution in [2.45, 2.75) is 51.5 Å². The Morgan fingerprint density at radius 3 is 2.55 bits per heavy atom. The lowest BCUT2D eigenvalue weighted by Crippen LogP contribution is -2.44. The van der Waals surface area contributed by atoms with E-state index in [0.29, 0.717) is 31.8 Å². The standard InChI is InChI=1S/C23H33N3O3S.HI/c1-3-24-22(26-17-23(2,27)21-5-4-14-30-21)25-15-18-6-8-19(9-7-18)16-29-20-10-12-28-13-11-20;/h4-9,14,20,27H,3,10-13,15-17H2,1-2H3,(H2,24,25,26);1H. The molecule has 0 saturated carbocycles. The molecule has 0 radical (unpaired) electrons. The molecule has 31 heavy (non-hydrogen) atoms. The molecule has 172 valence electrons. The summed E-state index contributed by atoms with van der Waals surface area (Å²) >= 11 is 1.55. The van der Waals surface area contributed by atoms with Crippen LogP contribution < -0.4 is 10.6 Å². The number of nitrogens with one attached hydrogen (secondary N) is 2. The molecule has 0 amide bonds. The molecule has 0 aliphatic carbocycles. The summed E-state index contributed by atoms with van der Waals surface area (Å²) in [6, 6.07) is 12.3. The van der Waals surface area contributed by atoms with Crippen molar-refractivity contribution < 1.29 is 14.6 Å². The van der Waals surface area contributed by atoms with Gasteiger partial charge in [0.2, 0.25) is 0 Å². The third-order valence-electron chi connectivity index (χ3n) is 5.09. The van der Waals surface area contributed by atoms with E-state index in [1.165, 1.54) is 5.56 Å². The second-order valence-corrected chi connectivity index (χ2v) is 8.69. The Hall–Kier alpha value is -1.20. The van der Waals surface area contributed by atoms with Gasteiger partial charge in [-0.3, -0.25) is 0 Å². The van der Waals surface area contributed by atoms with Crippen LogP contribution in [0.4, 0.5) is 0 Å². The van der Waals surface area contributed by atoms with E-state index in [2.05, 4.69) is 39.9 Å². The minimum atomic E-state index is -0.934. The Kier molecular flexibility index (Phi) is 11.2. The summed E-state index contributed by atoms with van der Waals surface area (Å²) < 4.78 is 11.4. The molecule has 1 saturated heterocycles. The molecule has 2 aromatic rings. The van der Waals surface area contributed by atoms with Crippen LogP contribution in [0.15, 0.2) is 46.8 Å². The summed E-state index contributed by atoms with van der Waals surface area (Å²) in [6.45, 7) is 7.79. The summed E-state index contributed by atoms with van der Waals surface area (Å²) in [4.78, 5) is 5.59. The molecule has 1 aliphatic heterocycles. The van der Waals surface area contributed by atoms with Crippen molar-refractivity contribution in [3.05, 3.63) is 57.8 Å². The van der Waals surface area contributed by atoms with Crippen LogP contribution in [-0.4, -0.2) is 43.5 Å². The van der Waals surface area contributed by atoms with E-state index in [9.17, 15) is 5.11 Å². The number of ether oxygens (including phenoxy) is 2. The number of guanidine groups is 1. The molecule has 1 fully saturated rings. The van der Waals surface area contributed by atoms with Gasteiger partial charge in [0.1, 0.15) is 5.60 Å². The highest BCUT2D eigenvalue weighted by Crippen LogP contribution is 2.24. The largest absolute Gasteiger partial charge is 0.383 e. The van der Waals surface area contributed by atoms with E-state index in [4.69, 9.17) is 9.47 Å². The third-order valence-corrected chi connectivity index (χ3v) is 6.22. The van der Waals surface area contributed by atoms with Gasteiger partial charge >= 0.3 is 0 Å². The number of aliphatic hydroxyl groups is 1. The average molecular weight is 560 g/mol. The first kappa shape index (κ1) is 26.1. The molecule has 3 N–H and O–H groups in total. The minimum Gasteiger partial charge on any atom is -0.383 e. The van der Waals surface area contributed by atoms with Gasteiger partial charge in [-0.15, -0.1) is 35.3 Å². The number of halogens is 1. The summed E-state index contributed by atoms with van der Waals surface area (Å²) in [6.07, 6.45) is 2.27. The van der Waals surface area contributed by atoms with Crippen LogP contribution in [0.5, 0.6) is 0 Å². The molecule has 1 aromatic carbocycles. The number of rotatable bonds is 9. The van der Waals surface area contributed by atoms with E-state index < -0.39 is 5.60 Å². The van der Waals surface area contributed by atoms with Gasteiger partial charge in [-0.05, 0) is 49.3 Å². The zero-order chi connectivity index (χ0) is 21.2. The zero-order valence-corrected chi connectivity index (χ0v) is 21.4. The molecule has 0 spiro atoms. The molecule has 1 aromatic heterocycles. The topological polar surface area (TPSA) is 75.1 Å². The van der Waals surface area contributed by atoms with E-state index in [1.807, 2.05) is 31.4 Å². The molecule has 1 unspecified atom stereocenters. The number of nitrogens with zero attached hydrogens (tertiary/aromatic N) is 1. The lowest BCUT2D eigenvalue weighted by molar-refractivity contribution is -0.0390. The van der Waals surface area contributed by atoms with Gasteiger partial charge in [-0.1, -0.05) is 30.3 Å². The van der Waals surface area contributed by atoms with Crippen LogP contribution in [0, 0.1) is 0 Å². The molecule has 3 rings (SSSR count). The lowest BCUT2D eigenvalue weighted by atomic mass is 10.1. The first-order chi connectivity index (χ1) is 14.6. The number of benzene rings is 1. The van der Waals surface area contributed by atoms with Crippen molar-refractivity contribution in [3.63, 3.8) is 0 Å². The molecule has 6 nitrogen and oxygen atoms in total. The second-order valence-electron chi connectivity index (χ2n) is 7.74. The smallest absolute Gasteiger partial charge is 0.191 e. The van der Waals surface area contributed by atoms with Crippen LogP contribution in [0.1, 0.15) is 42.7 Å². The normalized spacial score (nSPS) is 16.9. The van der Waals surface area contributed by atoms with E-state index in [-0.39, 0.29) is 24.0 Å². The quantitative estimate of drug-likeness (QED) is 0.246. The fourth-order valence-electron chi connectivity index (χ4n) is 3.24. The zero-order valence-electron chi connectivity index (χ0n) is 18.3. The third kappa shape index (κ3) is 8.69. The van der Waals surface area contributed by atoms with Crippen LogP contribution >= 0.6 is 35.3 Å². The number of aliphatic imine (C=N–C) groups is 1. The van der Waals surface area contributed by atoms with Gasteiger partial charge in [0.25, 0.3) is 0 Å². The van der Waals surface area contributed by atoms with Crippen molar-refractivity contribution in [1.29, 1.82) is 0 Å². The molecule has 0 bridgehead atoms. The van der Waals surface area contributed by atoms with Crippen molar-refractivity contribution in [2.24, 2.45) is 4.99 Å². The van der Waals surface area contributed by atoms with Crippen molar-refractivity contribution in [2.75, 3.05) is 26.3 Å². The highest BCUT2D eigenvalue weighted by atomic mass is 127. The van der Waals surface area contributed by atoms with E-state index in [1.54, 1.807) is 11.3 Å². The highest BCUT2D eigenvalue weighted by molar-refractivity contribution is 14.0. The van der Waals surface area contributed by atoms with Crippen LogP contribution in [-0.2, 0) is 28.2 Å². The maximum atomic E-state index is 10.7. The van der Waals surface area contributed by atoms with Gasteiger partial charge in [-0.25, -0.2) is 4.99 Å². The van der Waals surface area contributed by atoms with Gasteiger partial charge in [0.05, 0.1) is 25.8 Å². The van der Waals surface area contributed by atoms with Gasteiger partial charge < -0.3 is 25.2 Å². The second kappa shape index (κ2) is 13.4. The fourth-order valence-corrected chi connectivity index (χ4v) is 4.02. The van der Waals surface area contributed by atoms with Crippen molar-refractivity contribution in [3.8, 4) is 0 Å². The first-order valence-corrected chi connectivity index (χ1v) is 11.5. The first-order valence-electron chi connectivity index (χ1n) is 10.6. The Bertz CT molecular complexity index is 776. The number of hydrogen-bond donors (Lipinski definition) is 3. The molecular formula is C23H34IN3O3S. The minimum absolute atomic E-state index is 0. The Morgan fingerprint density at radius 2 is 1.90 bits per heavy atom. The Labute approximate surface area is 206 Å². The Balaban J connectivity index is 0.00000341. The van der Waals surface area contributed by atoms with E-state index in [0.717, 1.165) is 43.0 Å². The molecule has 1 aliphatic rings. The fraction of sp³-hybridized carbons (Fsp3) is 0.522. The molecule has 8 heteroatoms. The summed E-state index contributed by atoms with van der Waals surface area (Å²) in [7, 11) is 0. The number of thiophene rings is 1. The Morgan fingerprint density at radius 1 is 1.19 bits per heavy atom. The monoisotopic (exact) mass is 559 g/mol. The van der Waals surface area contributed by atoms with Gasteiger partial charge in [0.15, 0.2) is 5.96 Å². The van der Waals surface area contributed by atoms with Crippen LogP contribution in [0.3, 0.4) is 0 Å². The molecule has 1 atom stereocenters. The highest BCUT2D eigenvalue weighted by Gasteiger charge is 2.24. The molecule has 2 heterocycles. The van der Waals surface area contributed by atoms with Crippen molar-refractivity contribution in [1.82, 2.24) is 10.6 Å². The lowest BCUT2D eigenvalue weighted by Gasteiger charge is -2.23.